The number of thioether (sulfide) groups is 1. The predicted molar refractivity (Wildman–Crippen MR) is 118 cm³/mol. The van der Waals surface area contributed by atoms with Crippen LogP contribution in [0.4, 0.5) is 10.1 Å². The van der Waals surface area contributed by atoms with Crippen LogP contribution in [0.1, 0.15) is 0 Å². The topological polar surface area (TPSA) is 64.0 Å². The van der Waals surface area contributed by atoms with Crippen LogP contribution in [0.3, 0.4) is 0 Å². The van der Waals surface area contributed by atoms with Crippen LogP contribution in [0.2, 0.25) is 5.02 Å². The molecule has 1 amide bonds. The van der Waals surface area contributed by atoms with E-state index >= 15 is 0 Å². The largest absolute Gasteiger partial charge is 0.324 e. The Bertz CT molecular complexity index is 1290. The van der Waals surface area contributed by atoms with E-state index in [1.807, 2.05) is 18.2 Å². The molecule has 5 nitrogen and oxygen atoms in total. The third-order valence-corrected chi connectivity index (χ3v) is 5.55. The number of carbonyl (C=O) groups is 1. The molecule has 0 aliphatic rings. The summed E-state index contributed by atoms with van der Waals surface area (Å²) in [5, 5.41) is 3.64. The molecule has 3 aromatic carbocycles. The van der Waals surface area contributed by atoms with Crippen molar-refractivity contribution in [2.45, 2.75) is 5.16 Å². The van der Waals surface area contributed by atoms with Crippen molar-refractivity contribution < 1.29 is 9.18 Å². The van der Waals surface area contributed by atoms with E-state index in [9.17, 15) is 14.0 Å². The van der Waals surface area contributed by atoms with E-state index in [2.05, 4.69) is 10.3 Å². The zero-order valence-corrected chi connectivity index (χ0v) is 17.1. The van der Waals surface area contributed by atoms with Gasteiger partial charge >= 0.3 is 0 Å². The van der Waals surface area contributed by atoms with E-state index in [4.69, 9.17) is 11.6 Å². The molecule has 30 heavy (non-hydrogen) atoms. The zero-order valence-electron chi connectivity index (χ0n) is 15.5. The van der Waals surface area contributed by atoms with Crippen molar-refractivity contribution in [1.82, 2.24) is 9.55 Å². The van der Waals surface area contributed by atoms with Gasteiger partial charge in [-0.3, -0.25) is 14.2 Å². The first kappa shape index (κ1) is 20.1. The van der Waals surface area contributed by atoms with E-state index in [1.165, 1.54) is 16.7 Å². The monoisotopic (exact) mass is 439 g/mol. The van der Waals surface area contributed by atoms with E-state index in [0.29, 0.717) is 27.4 Å². The van der Waals surface area contributed by atoms with Gasteiger partial charge in [-0.1, -0.05) is 53.7 Å². The van der Waals surface area contributed by atoms with Gasteiger partial charge in [0.25, 0.3) is 5.56 Å². The molecule has 1 heterocycles. The standard InChI is InChI=1S/C22H15ClFN3O2S/c23-17-12-14(24)10-11-19(17)25-20(28)13-30-22-26-18-9-5-4-8-16(18)21(29)27(22)15-6-2-1-3-7-15/h1-12H,13H2,(H,25,28). The lowest BCUT2D eigenvalue weighted by molar-refractivity contribution is -0.113. The highest BCUT2D eigenvalue weighted by Crippen LogP contribution is 2.24. The number of nitrogens with one attached hydrogen (secondary N) is 1. The molecule has 0 unspecified atom stereocenters. The molecule has 0 bridgehead atoms. The summed E-state index contributed by atoms with van der Waals surface area (Å²) in [7, 11) is 0. The summed E-state index contributed by atoms with van der Waals surface area (Å²) in [5.41, 5.74) is 1.32. The number of carbonyl (C=O) groups excluding carboxylic acids is 1. The molecular formula is C22H15ClFN3O2S. The quantitative estimate of drug-likeness (QED) is 0.354. The Hall–Kier alpha value is -3.16. The zero-order chi connectivity index (χ0) is 21.1. The normalized spacial score (nSPS) is 10.9. The highest BCUT2D eigenvalue weighted by Gasteiger charge is 2.15. The number of aromatic nitrogens is 2. The first-order valence-electron chi connectivity index (χ1n) is 8.98. The van der Waals surface area contributed by atoms with Crippen LogP contribution in [0.15, 0.2) is 82.7 Å². The van der Waals surface area contributed by atoms with Gasteiger partial charge in [0.2, 0.25) is 5.91 Å². The number of amides is 1. The first-order valence-corrected chi connectivity index (χ1v) is 10.3. The lowest BCUT2D eigenvalue weighted by Crippen LogP contribution is -2.23. The molecule has 0 atom stereocenters. The Morgan fingerprint density at radius 1 is 1.07 bits per heavy atom. The van der Waals surface area contributed by atoms with Crippen molar-refractivity contribution in [3.63, 3.8) is 0 Å². The molecule has 1 N–H and O–H groups in total. The molecule has 0 saturated carbocycles. The lowest BCUT2D eigenvalue weighted by Gasteiger charge is -2.13. The second-order valence-corrected chi connectivity index (χ2v) is 7.70. The highest BCUT2D eigenvalue weighted by molar-refractivity contribution is 7.99. The van der Waals surface area contributed by atoms with Gasteiger partial charge in [0.05, 0.1) is 33.1 Å². The second-order valence-electron chi connectivity index (χ2n) is 6.35. The Kier molecular flexibility index (Phi) is 5.83. The van der Waals surface area contributed by atoms with E-state index < -0.39 is 5.82 Å². The van der Waals surface area contributed by atoms with Crippen LogP contribution >= 0.6 is 23.4 Å². The Morgan fingerprint density at radius 2 is 1.80 bits per heavy atom. The van der Waals surface area contributed by atoms with E-state index in [0.717, 1.165) is 17.8 Å². The molecule has 0 fully saturated rings. The summed E-state index contributed by atoms with van der Waals surface area (Å²) < 4.78 is 14.7. The van der Waals surface area contributed by atoms with Crippen molar-refractivity contribution in [1.29, 1.82) is 0 Å². The van der Waals surface area contributed by atoms with Gasteiger partial charge in [0.1, 0.15) is 5.82 Å². The maximum Gasteiger partial charge on any atom is 0.266 e. The lowest BCUT2D eigenvalue weighted by atomic mass is 10.2. The van der Waals surface area contributed by atoms with Crippen LogP contribution < -0.4 is 10.9 Å². The van der Waals surface area contributed by atoms with Gasteiger partial charge in [-0.2, -0.15) is 0 Å². The third kappa shape index (κ3) is 4.22. The van der Waals surface area contributed by atoms with Gasteiger partial charge in [-0.15, -0.1) is 0 Å². The molecule has 0 aliphatic heterocycles. The van der Waals surface area contributed by atoms with Gasteiger partial charge in [0, 0.05) is 0 Å². The number of halogens is 2. The molecule has 0 aliphatic carbocycles. The van der Waals surface area contributed by atoms with Crippen molar-refractivity contribution in [3.8, 4) is 5.69 Å². The average Bonchev–Trinajstić information content (AvgIpc) is 2.75. The number of hydrogen-bond donors (Lipinski definition) is 1. The Labute approximate surface area is 180 Å². The molecule has 8 heteroatoms. The minimum atomic E-state index is -0.486. The van der Waals surface area contributed by atoms with Gasteiger partial charge in [0.15, 0.2) is 5.16 Å². The van der Waals surface area contributed by atoms with Crippen molar-refractivity contribution in [3.05, 3.63) is 94.0 Å². The highest BCUT2D eigenvalue weighted by atomic mass is 35.5. The van der Waals surface area contributed by atoms with Gasteiger partial charge < -0.3 is 5.32 Å². The fraction of sp³-hybridized carbons (Fsp3) is 0.0455. The third-order valence-electron chi connectivity index (χ3n) is 4.30. The van der Waals surface area contributed by atoms with Crippen LogP contribution in [0.25, 0.3) is 16.6 Å². The summed E-state index contributed by atoms with van der Waals surface area (Å²) in [4.78, 5) is 30.1. The Morgan fingerprint density at radius 3 is 2.57 bits per heavy atom. The molecule has 0 saturated heterocycles. The SMILES string of the molecule is O=C(CSc1nc2ccccc2c(=O)n1-c1ccccc1)Nc1ccc(F)cc1Cl. The van der Waals surface area contributed by atoms with Crippen molar-refractivity contribution in [2.24, 2.45) is 0 Å². The van der Waals surface area contributed by atoms with Gasteiger partial charge in [-0.05, 0) is 42.5 Å². The number of nitrogens with zero attached hydrogens (tertiary/aromatic N) is 2. The number of fused-ring (bicyclic) bond motifs is 1. The molecule has 0 spiro atoms. The smallest absolute Gasteiger partial charge is 0.266 e. The maximum absolute atomic E-state index is 13.2. The van der Waals surface area contributed by atoms with E-state index in [-0.39, 0.29) is 22.2 Å². The van der Waals surface area contributed by atoms with E-state index in [1.54, 1.807) is 36.4 Å². The number of hydrogen-bond acceptors (Lipinski definition) is 4. The molecule has 0 radical (unpaired) electrons. The van der Waals surface area contributed by atoms with Crippen molar-refractivity contribution in [2.75, 3.05) is 11.1 Å². The number of anilines is 1. The van der Waals surface area contributed by atoms with Gasteiger partial charge in [-0.25, -0.2) is 9.37 Å². The molecular weight excluding hydrogens is 425 g/mol. The summed E-state index contributed by atoms with van der Waals surface area (Å²) in [6.45, 7) is 0. The van der Waals surface area contributed by atoms with Crippen molar-refractivity contribution >= 4 is 45.9 Å². The average molecular weight is 440 g/mol. The fourth-order valence-corrected chi connectivity index (χ4v) is 3.95. The molecule has 1 aromatic heterocycles. The molecule has 150 valence electrons. The molecule has 4 rings (SSSR count). The minimum Gasteiger partial charge on any atom is -0.324 e. The summed E-state index contributed by atoms with van der Waals surface area (Å²) in [6, 6.07) is 19.9. The van der Waals surface area contributed by atoms with Crippen LogP contribution in [-0.2, 0) is 4.79 Å². The van der Waals surface area contributed by atoms with Crippen LogP contribution in [0.5, 0.6) is 0 Å². The second kappa shape index (κ2) is 8.69. The summed E-state index contributed by atoms with van der Waals surface area (Å²) >= 11 is 7.09. The summed E-state index contributed by atoms with van der Waals surface area (Å²) in [5.74, 6) is -0.846. The summed E-state index contributed by atoms with van der Waals surface area (Å²) in [6.07, 6.45) is 0. The fourth-order valence-electron chi connectivity index (χ4n) is 2.92. The number of rotatable bonds is 5. The number of benzene rings is 3. The van der Waals surface area contributed by atoms with Crippen LogP contribution in [-0.4, -0.2) is 21.2 Å². The first-order chi connectivity index (χ1) is 14.5. The minimum absolute atomic E-state index is 0.00861. The molecule has 4 aromatic rings. The predicted octanol–water partition coefficient (Wildman–Crippen LogP) is 4.91. The maximum atomic E-state index is 13.2. The Balaban J connectivity index is 1.65. The number of para-hydroxylation sites is 2. The van der Waals surface area contributed by atoms with Crippen LogP contribution in [0, 0.1) is 5.82 Å².